The van der Waals surface area contributed by atoms with Crippen LogP contribution in [-0.2, 0) is 5.41 Å². The highest BCUT2D eigenvalue weighted by Crippen LogP contribution is 2.47. The molecule has 6 aromatic rings. The third-order valence-corrected chi connectivity index (χ3v) is 10.9. The summed E-state index contributed by atoms with van der Waals surface area (Å²) in [6.45, 7) is 25.2. The minimum Gasteiger partial charge on any atom is -0.457 e. The van der Waals surface area contributed by atoms with Crippen LogP contribution in [0.1, 0.15) is 101 Å². The van der Waals surface area contributed by atoms with Crippen LogP contribution >= 0.6 is 0 Å². The average Bonchev–Trinajstić information content (AvgIpc) is 3.12. The molecular weight excluding hydrogens is 714 g/mol. The Bertz CT molecular complexity index is 2190. The Morgan fingerprint density at radius 3 is 0.982 bits per heavy atom. The maximum Gasteiger partial charge on any atom is 0.402 e. The van der Waals surface area contributed by atoms with Crippen molar-refractivity contribution in [3.63, 3.8) is 0 Å². The van der Waals surface area contributed by atoms with Gasteiger partial charge in [0.2, 0.25) is 0 Å². The summed E-state index contributed by atoms with van der Waals surface area (Å²) in [6.07, 6.45) is -4.37. The van der Waals surface area contributed by atoms with Gasteiger partial charge >= 0.3 is 6.18 Å². The number of carbonyl (C=O) groups excluding carboxylic acids is 1. The fourth-order valence-electron chi connectivity index (χ4n) is 6.64. The van der Waals surface area contributed by atoms with Crippen LogP contribution in [0.2, 0.25) is 0 Å². The van der Waals surface area contributed by atoms with E-state index < -0.39 is 11.6 Å². The number of hydrogen-bond donors (Lipinski definition) is 0. The Labute approximate surface area is 338 Å². The fourth-order valence-corrected chi connectivity index (χ4v) is 6.64. The highest BCUT2D eigenvalue weighted by Gasteiger charge is 2.53. The highest BCUT2D eigenvalue weighted by molar-refractivity contribution is 6.09. The third kappa shape index (κ3) is 11.1. The number of ether oxygens (including phenoxy) is 1. The van der Waals surface area contributed by atoms with Crippen molar-refractivity contribution in [1.82, 2.24) is 0 Å². The summed E-state index contributed by atoms with van der Waals surface area (Å²) in [5.41, 5.74) is 13.3. The summed E-state index contributed by atoms with van der Waals surface area (Å²) < 4.78 is 47.9. The molecule has 0 saturated heterocycles. The average molecular weight is 771 g/mol. The summed E-state index contributed by atoms with van der Waals surface area (Å²) >= 11 is 0. The lowest BCUT2D eigenvalue weighted by Gasteiger charge is -2.34. The lowest BCUT2D eigenvalue weighted by Crippen LogP contribution is -2.40. The zero-order valence-electron chi connectivity index (χ0n) is 35.8. The van der Waals surface area contributed by atoms with Crippen molar-refractivity contribution in [2.75, 3.05) is 0 Å². The van der Waals surface area contributed by atoms with Crippen molar-refractivity contribution < 1.29 is 22.7 Å². The van der Waals surface area contributed by atoms with E-state index >= 15 is 0 Å². The maximum absolute atomic E-state index is 14.0. The van der Waals surface area contributed by atoms with Gasteiger partial charge in [-0.1, -0.05) is 95.1 Å². The molecule has 0 radical (unpaired) electrons. The minimum absolute atomic E-state index is 0.0983. The van der Waals surface area contributed by atoms with Gasteiger partial charge in [0.05, 0.1) is 0 Å². The van der Waals surface area contributed by atoms with Gasteiger partial charge < -0.3 is 4.74 Å². The number of hydrogen-bond acceptors (Lipinski definition) is 2. The largest absolute Gasteiger partial charge is 0.457 e. The molecule has 0 unspecified atom stereocenters. The van der Waals surface area contributed by atoms with Gasteiger partial charge in [0.1, 0.15) is 16.9 Å². The van der Waals surface area contributed by atoms with Crippen LogP contribution in [0.25, 0.3) is 0 Å². The van der Waals surface area contributed by atoms with E-state index in [9.17, 15) is 18.0 Å². The molecule has 0 aromatic heterocycles. The third-order valence-electron chi connectivity index (χ3n) is 10.9. The monoisotopic (exact) mass is 770 g/mol. The number of carbonyl (C=O) groups is 1. The summed E-state index contributed by atoms with van der Waals surface area (Å²) in [7, 11) is 0. The van der Waals surface area contributed by atoms with Gasteiger partial charge in [0.15, 0.2) is 5.78 Å². The molecule has 0 aliphatic rings. The first-order valence-corrected chi connectivity index (χ1v) is 19.3. The molecular formula is C52H57F3O2. The van der Waals surface area contributed by atoms with Crippen molar-refractivity contribution in [2.24, 2.45) is 0 Å². The van der Waals surface area contributed by atoms with E-state index in [0.29, 0.717) is 11.1 Å². The van der Waals surface area contributed by atoms with E-state index in [0.717, 1.165) is 56.0 Å². The standard InChI is InChI=1S/C19H21F3.C17H18O.C16H18O/c1-12-6-13(2)9-16(8-12)18(5,19(20,21)22)17-10-14(3)7-15(4)11-17;1-11-5-7-15(9-13(11)3)17(18)16-8-6-12(2)14(4)10-16;1-11-5-7-15(9-13(11)3)17-16-8-6-12(2)14(4)10-16/h6-11H,1-5H3;5-10H,1-4H3;5-10H,1-4H3. The zero-order chi connectivity index (χ0) is 42.4. The van der Waals surface area contributed by atoms with Crippen LogP contribution in [0.4, 0.5) is 13.2 Å². The van der Waals surface area contributed by atoms with Crippen LogP contribution in [0.15, 0.2) is 109 Å². The fraction of sp³-hybridized carbons (Fsp3) is 0.288. The van der Waals surface area contributed by atoms with Crippen LogP contribution in [-0.4, -0.2) is 12.0 Å². The second kappa shape index (κ2) is 18.2. The molecule has 0 amide bonds. The van der Waals surface area contributed by atoms with E-state index in [2.05, 4.69) is 65.8 Å². The summed E-state index contributed by atoms with van der Waals surface area (Å²) in [5.74, 6) is 1.90. The predicted molar refractivity (Wildman–Crippen MR) is 232 cm³/mol. The second-order valence-electron chi connectivity index (χ2n) is 15.9. The topological polar surface area (TPSA) is 26.3 Å². The van der Waals surface area contributed by atoms with E-state index in [-0.39, 0.29) is 5.78 Å². The van der Waals surface area contributed by atoms with Crippen LogP contribution in [0.3, 0.4) is 0 Å². The lowest BCUT2D eigenvalue weighted by molar-refractivity contribution is -0.173. The Morgan fingerprint density at radius 2 is 0.702 bits per heavy atom. The highest BCUT2D eigenvalue weighted by atomic mass is 19.4. The summed E-state index contributed by atoms with van der Waals surface area (Å²) in [6, 6.07) is 34.4. The van der Waals surface area contributed by atoms with Gasteiger partial charge in [-0.3, -0.25) is 4.79 Å². The van der Waals surface area contributed by atoms with Crippen molar-refractivity contribution in [1.29, 1.82) is 0 Å². The first kappa shape index (κ1) is 44.3. The lowest BCUT2D eigenvalue weighted by atomic mass is 9.74. The molecule has 6 rings (SSSR count). The number of ketones is 1. The Kier molecular flexibility index (Phi) is 14.2. The SMILES string of the molecule is Cc1cc(C)cc(C(C)(c2cc(C)cc(C)c2)C(F)(F)F)c1.Cc1ccc(C(=O)c2ccc(C)c(C)c2)cc1C.Cc1ccc(Oc2ccc(C)c(C)c2)cc1C. The quantitative estimate of drug-likeness (QED) is 0.158. The molecule has 0 saturated carbocycles. The Morgan fingerprint density at radius 1 is 0.404 bits per heavy atom. The first-order valence-electron chi connectivity index (χ1n) is 19.3. The molecule has 0 fully saturated rings. The molecule has 298 valence electrons. The number of halogens is 3. The normalized spacial score (nSPS) is 11.2. The number of aryl methyl sites for hydroxylation is 12. The van der Waals surface area contributed by atoms with Crippen LogP contribution < -0.4 is 4.74 Å². The first-order chi connectivity index (χ1) is 26.6. The predicted octanol–water partition coefficient (Wildman–Crippen LogP) is 14.7. The smallest absolute Gasteiger partial charge is 0.402 e. The van der Waals surface area contributed by atoms with Gasteiger partial charge in [-0.15, -0.1) is 0 Å². The molecule has 2 nitrogen and oxygen atoms in total. The van der Waals surface area contributed by atoms with E-state index in [1.165, 1.54) is 40.3 Å². The van der Waals surface area contributed by atoms with E-state index in [1.807, 2.05) is 102 Å². The zero-order valence-corrected chi connectivity index (χ0v) is 35.8. The molecule has 0 bridgehead atoms. The van der Waals surface area contributed by atoms with Gasteiger partial charge in [-0.25, -0.2) is 0 Å². The van der Waals surface area contributed by atoms with Crippen molar-refractivity contribution >= 4 is 5.78 Å². The van der Waals surface area contributed by atoms with Crippen molar-refractivity contribution in [3.05, 3.63) is 198 Å². The number of rotatable bonds is 6. The molecule has 6 aromatic carbocycles. The molecule has 0 spiro atoms. The summed E-state index contributed by atoms with van der Waals surface area (Å²) in [5, 5.41) is 0. The van der Waals surface area contributed by atoms with Gasteiger partial charge in [-0.05, 0) is 182 Å². The minimum atomic E-state index is -4.37. The van der Waals surface area contributed by atoms with E-state index in [4.69, 9.17) is 4.74 Å². The molecule has 5 heteroatoms. The Hall–Kier alpha value is -5.42. The van der Waals surface area contributed by atoms with Crippen LogP contribution in [0.5, 0.6) is 11.5 Å². The van der Waals surface area contributed by atoms with Gasteiger partial charge in [0.25, 0.3) is 0 Å². The maximum atomic E-state index is 14.0. The second-order valence-corrected chi connectivity index (χ2v) is 15.9. The van der Waals surface area contributed by atoms with E-state index in [1.54, 1.807) is 24.3 Å². The Balaban J connectivity index is 0.000000191. The van der Waals surface area contributed by atoms with Crippen LogP contribution in [0, 0.1) is 83.1 Å². The molecule has 57 heavy (non-hydrogen) atoms. The number of alkyl halides is 3. The van der Waals surface area contributed by atoms with Crippen molar-refractivity contribution in [3.8, 4) is 11.5 Å². The number of benzene rings is 6. The molecule has 0 aliphatic heterocycles. The molecule has 0 aliphatic carbocycles. The van der Waals surface area contributed by atoms with Gasteiger partial charge in [-0.2, -0.15) is 13.2 Å². The van der Waals surface area contributed by atoms with Gasteiger partial charge in [0, 0.05) is 11.1 Å². The van der Waals surface area contributed by atoms with Crippen molar-refractivity contribution in [2.45, 2.75) is 102 Å². The molecule has 0 atom stereocenters. The summed E-state index contributed by atoms with van der Waals surface area (Å²) in [4.78, 5) is 12.4. The molecule has 0 N–H and O–H groups in total. The molecule has 0 heterocycles.